The van der Waals surface area contributed by atoms with Crippen LogP contribution in [0.2, 0.25) is 0 Å². The zero-order valence-electron chi connectivity index (χ0n) is 10.9. The smallest absolute Gasteiger partial charge is 0.0194 e. The van der Waals surface area contributed by atoms with Crippen LogP contribution in [-0.4, -0.2) is 37.6 Å². The molecule has 0 aliphatic carbocycles. The van der Waals surface area contributed by atoms with Gasteiger partial charge >= 0.3 is 0 Å². The lowest BCUT2D eigenvalue weighted by molar-refractivity contribution is 0.264. The third-order valence-corrected chi connectivity index (χ3v) is 3.57. The lowest BCUT2D eigenvalue weighted by atomic mass is 10.0. The highest BCUT2D eigenvalue weighted by Gasteiger charge is 2.14. The topological polar surface area (TPSA) is 15.3 Å². The fraction of sp³-hybridized carbons (Fsp3) is 0.600. The van der Waals surface area contributed by atoms with E-state index in [0.29, 0.717) is 6.04 Å². The lowest BCUT2D eigenvalue weighted by Gasteiger charge is -2.28. The first-order valence-electron chi connectivity index (χ1n) is 6.80. The Kier molecular flexibility index (Phi) is 5.02. The quantitative estimate of drug-likeness (QED) is 0.838. The summed E-state index contributed by atoms with van der Waals surface area (Å²) in [5, 5.41) is 3.61. The van der Waals surface area contributed by atoms with Crippen LogP contribution in [0.25, 0.3) is 0 Å². The molecule has 1 aliphatic heterocycles. The van der Waals surface area contributed by atoms with E-state index in [-0.39, 0.29) is 0 Å². The summed E-state index contributed by atoms with van der Waals surface area (Å²) in [6.07, 6.45) is 5.24. The van der Waals surface area contributed by atoms with E-state index in [1.807, 2.05) is 0 Å². The van der Waals surface area contributed by atoms with Gasteiger partial charge < -0.3 is 10.2 Å². The minimum absolute atomic E-state index is 0.713. The van der Waals surface area contributed by atoms with Crippen LogP contribution >= 0.6 is 0 Å². The van der Waals surface area contributed by atoms with Gasteiger partial charge in [0.1, 0.15) is 0 Å². The molecule has 0 amide bonds. The summed E-state index contributed by atoms with van der Waals surface area (Å²) in [6, 6.07) is 11.5. The summed E-state index contributed by atoms with van der Waals surface area (Å²) in [7, 11) is 2.24. The largest absolute Gasteiger partial charge is 0.313 e. The molecule has 1 aromatic carbocycles. The van der Waals surface area contributed by atoms with E-state index < -0.39 is 0 Å². The first-order chi connectivity index (χ1) is 8.34. The average molecular weight is 232 g/mol. The summed E-state index contributed by atoms with van der Waals surface area (Å²) in [5.74, 6) is 0. The number of likely N-dealkylation sites (N-methyl/N-ethyl adjacent to an activating group) is 1. The second kappa shape index (κ2) is 6.77. The Balaban J connectivity index is 1.68. The van der Waals surface area contributed by atoms with Crippen molar-refractivity contribution in [1.82, 2.24) is 10.2 Å². The van der Waals surface area contributed by atoms with Crippen LogP contribution in [0, 0.1) is 0 Å². The molecule has 1 N–H and O–H groups in total. The first kappa shape index (κ1) is 12.6. The van der Waals surface area contributed by atoms with E-state index >= 15 is 0 Å². The molecule has 1 atom stereocenters. The SMILES string of the molecule is CN(CCc1ccccc1)CC1CCCCN1. The predicted octanol–water partition coefficient (Wildman–Crippen LogP) is 2.30. The van der Waals surface area contributed by atoms with E-state index in [9.17, 15) is 0 Å². The van der Waals surface area contributed by atoms with Crippen LogP contribution in [0.3, 0.4) is 0 Å². The third kappa shape index (κ3) is 4.49. The summed E-state index contributed by atoms with van der Waals surface area (Å²) in [4.78, 5) is 2.45. The second-order valence-electron chi connectivity index (χ2n) is 5.14. The molecule has 94 valence electrons. The van der Waals surface area contributed by atoms with Crippen molar-refractivity contribution in [2.24, 2.45) is 0 Å². The van der Waals surface area contributed by atoms with Gasteiger partial charge in [0.2, 0.25) is 0 Å². The fourth-order valence-electron chi connectivity index (χ4n) is 2.51. The number of hydrogen-bond donors (Lipinski definition) is 1. The van der Waals surface area contributed by atoms with Crippen molar-refractivity contribution in [2.75, 3.05) is 26.7 Å². The van der Waals surface area contributed by atoms with Crippen LogP contribution in [0.5, 0.6) is 0 Å². The minimum Gasteiger partial charge on any atom is -0.313 e. The molecule has 2 heteroatoms. The van der Waals surface area contributed by atoms with Gasteiger partial charge in [0.15, 0.2) is 0 Å². The van der Waals surface area contributed by atoms with Gasteiger partial charge in [0.25, 0.3) is 0 Å². The molecule has 1 aliphatic rings. The Morgan fingerprint density at radius 3 is 2.76 bits per heavy atom. The van der Waals surface area contributed by atoms with Crippen molar-refractivity contribution in [3.05, 3.63) is 35.9 Å². The first-order valence-corrected chi connectivity index (χ1v) is 6.80. The molecule has 0 saturated carbocycles. The average Bonchev–Trinajstić information content (AvgIpc) is 2.39. The van der Waals surface area contributed by atoms with E-state index in [1.165, 1.54) is 37.9 Å². The Morgan fingerprint density at radius 1 is 1.24 bits per heavy atom. The second-order valence-corrected chi connectivity index (χ2v) is 5.14. The summed E-state index contributed by atoms with van der Waals surface area (Å²) in [5.41, 5.74) is 1.44. The van der Waals surface area contributed by atoms with Gasteiger partial charge in [-0.25, -0.2) is 0 Å². The van der Waals surface area contributed by atoms with Crippen molar-refractivity contribution in [1.29, 1.82) is 0 Å². The number of nitrogens with zero attached hydrogens (tertiary/aromatic N) is 1. The Morgan fingerprint density at radius 2 is 2.06 bits per heavy atom. The van der Waals surface area contributed by atoms with Crippen molar-refractivity contribution in [3.8, 4) is 0 Å². The highest BCUT2D eigenvalue weighted by Crippen LogP contribution is 2.08. The summed E-state index contributed by atoms with van der Waals surface area (Å²) < 4.78 is 0. The standard InChI is InChI=1S/C15H24N2/c1-17(13-15-9-5-6-11-16-15)12-10-14-7-3-2-4-8-14/h2-4,7-8,15-16H,5-6,9-13H2,1H3. The molecule has 2 nitrogen and oxygen atoms in total. The molecule has 0 aromatic heterocycles. The molecule has 17 heavy (non-hydrogen) atoms. The normalized spacial score (nSPS) is 20.7. The highest BCUT2D eigenvalue weighted by molar-refractivity contribution is 5.14. The van der Waals surface area contributed by atoms with Crippen LogP contribution < -0.4 is 5.32 Å². The third-order valence-electron chi connectivity index (χ3n) is 3.57. The number of rotatable bonds is 5. The van der Waals surface area contributed by atoms with Crippen molar-refractivity contribution >= 4 is 0 Å². The Hall–Kier alpha value is -0.860. The van der Waals surface area contributed by atoms with Crippen LogP contribution in [0.4, 0.5) is 0 Å². The number of piperidine rings is 1. The predicted molar refractivity (Wildman–Crippen MR) is 73.3 cm³/mol. The molecule has 0 radical (unpaired) electrons. The molecular formula is C15H24N2. The molecule has 1 unspecified atom stereocenters. The molecule has 1 aromatic rings. The fourth-order valence-corrected chi connectivity index (χ4v) is 2.51. The van der Waals surface area contributed by atoms with E-state index in [4.69, 9.17) is 0 Å². The lowest BCUT2D eigenvalue weighted by Crippen LogP contribution is -2.42. The van der Waals surface area contributed by atoms with Crippen molar-refractivity contribution in [2.45, 2.75) is 31.7 Å². The van der Waals surface area contributed by atoms with Crippen molar-refractivity contribution < 1.29 is 0 Å². The van der Waals surface area contributed by atoms with E-state index in [1.54, 1.807) is 0 Å². The maximum absolute atomic E-state index is 3.61. The van der Waals surface area contributed by atoms with Crippen LogP contribution in [0.1, 0.15) is 24.8 Å². The molecule has 1 fully saturated rings. The van der Waals surface area contributed by atoms with E-state index in [2.05, 4.69) is 47.6 Å². The van der Waals surface area contributed by atoms with Gasteiger partial charge in [-0.3, -0.25) is 0 Å². The molecule has 0 spiro atoms. The van der Waals surface area contributed by atoms with Gasteiger partial charge in [-0.1, -0.05) is 36.8 Å². The zero-order chi connectivity index (χ0) is 11.9. The van der Waals surface area contributed by atoms with Gasteiger partial charge in [-0.15, -0.1) is 0 Å². The highest BCUT2D eigenvalue weighted by atomic mass is 15.1. The molecule has 1 saturated heterocycles. The van der Waals surface area contributed by atoms with E-state index in [0.717, 1.165) is 13.0 Å². The minimum atomic E-state index is 0.713. The van der Waals surface area contributed by atoms with Gasteiger partial charge in [-0.05, 0) is 38.4 Å². The van der Waals surface area contributed by atoms with Gasteiger partial charge in [0, 0.05) is 19.1 Å². The number of hydrogen-bond acceptors (Lipinski definition) is 2. The van der Waals surface area contributed by atoms with Gasteiger partial charge in [0.05, 0.1) is 0 Å². The zero-order valence-corrected chi connectivity index (χ0v) is 10.9. The Labute approximate surface area is 105 Å². The molecular weight excluding hydrogens is 208 g/mol. The van der Waals surface area contributed by atoms with Crippen LogP contribution in [-0.2, 0) is 6.42 Å². The molecule has 0 bridgehead atoms. The Bertz CT molecular complexity index is 304. The monoisotopic (exact) mass is 232 g/mol. The summed E-state index contributed by atoms with van der Waals surface area (Å²) in [6.45, 7) is 3.55. The van der Waals surface area contributed by atoms with Gasteiger partial charge in [-0.2, -0.15) is 0 Å². The van der Waals surface area contributed by atoms with Crippen molar-refractivity contribution in [3.63, 3.8) is 0 Å². The number of nitrogens with one attached hydrogen (secondary N) is 1. The molecule has 1 heterocycles. The molecule has 2 rings (SSSR count). The number of benzene rings is 1. The summed E-state index contributed by atoms with van der Waals surface area (Å²) >= 11 is 0. The maximum Gasteiger partial charge on any atom is 0.0194 e. The van der Waals surface area contributed by atoms with Crippen LogP contribution in [0.15, 0.2) is 30.3 Å². The maximum atomic E-state index is 3.61.